The monoisotopic (exact) mass is 343 g/mol. The molecule has 0 unspecified atom stereocenters. The van der Waals surface area contributed by atoms with Crippen molar-refractivity contribution >= 4 is 23.6 Å². The lowest BCUT2D eigenvalue weighted by Gasteiger charge is -2.37. The quantitative estimate of drug-likeness (QED) is 0.732. The van der Waals surface area contributed by atoms with Crippen LogP contribution in [-0.4, -0.2) is 30.2 Å². The maximum atomic E-state index is 12.1. The molecule has 134 valence electrons. The number of esters is 1. The summed E-state index contributed by atoms with van der Waals surface area (Å²) in [5, 5.41) is 6.61. The lowest BCUT2D eigenvalue weighted by Crippen LogP contribution is -2.54. The van der Waals surface area contributed by atoms with E-state index in [1.807, 2.05) is 19.1 Å². The van der Waals surface area contributed by atoms with Gasteiger partial charge in [0.15, 0.2) is 0 Å². The Hall–Kier alpha value is -2.57. The molecule has 1 aromatic carbocycles. The zero-order chi connectivity index (χ0) is 17.9. The molecule has 1 aliphatic heterocycles. The highest BCUT2D eigenvalue weighted by atomic mass is 16.5. The fourth-order valence-electron chi connectivity index (χ4n) is 3.33. The van der Waals surface area contributed by atoms with Gasteiger partial charge in [0.1, 0.15) is 5.66 Å². The van der Waals surface area contributed by atoms with E-state index in [0.29, 0.717) is 18.1 Å². The minimum absolute atomic E-state index is 0.279. The topological polar surface area (TPSA) is 101 Å². The molecular formula is C18H25N5O2. The third kappa shape index (κ3) is 3.92. The molecule has 4 N–H and O–H groups in total. The summed E-state index contributed by atoms with van der Waals surface area (Å²) < 4.78 is 5.11. The summed E-state index contributed by atoms with van der Waals surface area (Å²) in [6.45, 7) is 4.02. The number of nitrogens with two attached hydrogens (primary N) is 1. The lowest BCUT2D eigenvalue weighted by atomic mass is 9.89. The van der Waals surface area contributed by atoms with Crippen molar-refractivity contribution in [1.82, 2.24) is 5.32 Å². The fourth-order valence-corrected chi connectivity index (χ4v) is 3.33. The number of aryl methyl sites for hydroxylation is 1. The normalized spacial score (nSPS) is 18.8. The van der Waals surface area contributed by atoms with E-state index in [2.05, 4.69) is 20.6 Å². The Morgan fingerprint density at radius 2 is 2.12 bits per heavy atom. The molecule has 1 saturated carbocycles. The first-order chi connectivity index (χ1) is 12.0. The van der Waals surface area contributed by atoms with Crippen LogP contribution in [0.3, 0.4) is 0 Å². The molecule has 3 rings (SSSR count). The van der Waals surface area contributed by atoms with E-state index < -0.39 is 0 Å². The summed E-state index contributed by atoms with van der Waals surface area (Å²) in [5.74, 6) is 0.515. The van der Waals surface area contributed by atoms with Gasteiger partial charge in [-0.15, -0.1) is 0 Å². The Kier molecular flexibility index (Phi) is 4.92. The van der Waals surface area contributed by atoms with Crippen molar-refractivity contribution < 1.29 is 9.53 Å². The van der Waals surface area contributed by atoms with Crippen LogP contribution in [0.15, 0.2) is 28.2 Å². The molecule has 1 heterocycles. The first-order valence-corrected chi connectivity index (χ1v) is 8.78. The van der Waals surface area contributed by atoms with Crippen LogP contribution in [0.5, 0.6) is 0 Å². The third-order valence-corrected chi connectivity index (χ3v) is 4.58. The van der Waals surface area contributed by atoms with Gasteiger partial charge in [0.2, 0.25) is 11.9 Å². The Balaban J connectivity index is 1.79. The number of benzene rings is 1. The van der Waals surface area contributed by atoms with Gasteiger partial charge in [0, 0.05) is 5.69 Å². The zero-order valence-electron chi connectivity index (χ0n) is 14.8. The van der Waals surface area contributed by atoms with E-state index in [0.717, 1.165) is 36.9 Å². The molecule has 0 aromatic heterocycles. The number of hydrogen-bond donors (Lipinski definition) is 3. The van der Waals surface area contributed by atoms with Crippen molar-refractivity contribution in [3.05, 3.63) is 29.3 Å². The van der Waals surface area contributed by atoms with Gasteiger partial charge in [-0.05, 0) is 57.2 Å². The van der Waals surface area contributed by atoms with Gasteiger partial charge >= 0.3 is 5.97 Å². The van der Waals surface area contributed by atoms with E-state index in [1.165, 1.54) is 6.42 Å². The Bertz CT molecular complexity index is 720. The maximum Gasteiger partial charge on any atom is 0.338 e. The molecule has 1 spiro atoms. The molecule has 1 fully saturated rings. The van der Waals surface area contributed by atoms with Gasteiger partial charge in [-0.25, -0.2) is 9.79 Å². The summed E-state index contributed by atoms with van der Waals surface area (Å²) in [4.78, 5) is 20.9. The Labute approximate surface area is 147 Å². The molecule has 1 aromatic rings. The number of carbonyl (C=O) groups is 1. The fraction of sp³-hybridized carbons (Fsp3) is 0.500. The second kappa shape index (κ2) is 7.13. The highest BCUT2D eigenvalue weighted by molar-refractivity contribution is 6.04. The average molecular weight is 343 g/mol. The molecule has 0 atom stereocenters. The molecule has 1 aliphatic carbocycles. The van der Waals surface area contributed by atoms with Crippen molar-refractivity contribution in [1.29, 1.82) is 0 Å². The summed E-state index contributed by atoms with van der Waals surface area (Å²) in [7, 11) is 0. The number of aliphatic imine (C=N–C) groups is 2. The second-order valence-electron chi connectivity index (χ2n) is 6.52. The Morgan fingerprint density at radius 1 is 1.36 bits per heavy atom. The molecule has 2 aliphatic rings. The van der Waals surface area contributed by atoms with Crippen LogP contribution in [0.1, 0.15) is 54.9 Å². The predicted molar refractivity (Wildman–Crippen MR) is 98.8 cm³/mol. The van der Waals surface area contributed by atoms with Gasteiger partial charge in [-0.3, -0.25) is 0 Å². The molecule has 0 radical (unpaired) electrons. The number of anilines is 1. The van der Waals surface area contributed by atoms with E-state index >= 15 is 0 Å². The SMILES string of the molecule is CCOC(=O)c1cc(NC2=NC(N)=NC3(CCCCC3)N2)ccc1C. The minimum Gasteiger partial charge on any atom is -0.462 e. The van der Waals surface area contributed by atoms with Gasteiger partial charge in [0.05, 0.1) is 12.2 Å². The van der Waals surface area contributed by atoms with Crippen molar-refractivity contribution in [3.63, 3.8) is 0 Å². The highest BCUT2D eigenvalue weighted by Crippen LogP contribution is 2.30. The molecule has 0 saturated heterocycles. The number of ether oxygens (including phenoxy) is 1. The van der Waals surface area contributed by atoms with E-state index in [4.69, 9.17) is 10.5 Å². The molecule has 7 nitrogen and oxygen atoms in total. The largest absolute Gasteiger partial charge is 0.462 e. The van der Waals surface area contributed by atoms with Crippen LogP contribution in [-0.2, 0) is 4.74 Å². The maximum absolute atomic E-state index is 12.1. The van der Waals surface area contributed by atoms with Crippen molar-refractivity contribution in [3.8, 4) is 0 Å². The summed E-state index contributed by atoms with van der Waals surface area (Å²) >= 11 is 0. The van der Waals surface area contributed by atoms with E-state index in [1.54, 1.807) is 13.0 Å². The number of hydrogen-bond acceptors (Lipinski definition) is 7. The van der Waals surface area contributed by atoms with Gasteiger partial charge in [-0.1, -0.05) is 12.5 Å². The van der Waals surface area contributed by atoms with Crippen LogP contribution >= 0.6 is 0 Å². The van der Waals surface area contributed by atoms with Crippen LogP contribution in [0, 0.1) is 6.92 Å². The molecule has 0 bridgehead atoms. The molecule has 25 heavy (non-hydrogen) atoms. The van der Waals surface area contributed by atoms with Crippen molar-refractivity contribution in [2.75, 3.05) is 11.9 Å². The van der Waals surface area contributed by atoms with E-state index in [9.17, 15) is 4.79 Å². The number of nitrogens with one attached hydrogen (secondary N) is 2. The standard InChI is InChI=1S/C18H25N5O2/c1-3-25-15(24)14-11-13(8-7-12(14)2)20-17-21-16(19)22-18(23-17)9-5-4-6-10-18/h7-8,11H,3-6,9-10H2,1-2H3,(H4,19,20,21,22,23). The Morgan fingerprint density at radius 3 is 2.84 bits per heavy atom. The predicted octanol–water partition coefficient (Wildman–Crippen LogP) is 2.52. The number of nitrogens with zero attached hydrogens (tertiary/aromatic N) is 2. The zero-order valence-corrected chi connectivity index (χ0v) is 14.8. The first-order valence-electron chi connectivity index (χ1n) is 8.78. The van der Waals surface area contributed by atoms with Gasteiger partial charge < -0.3 is 21.1 Å². The molecule has 0 amide bonds. The van der Waals surface area contributed by atoms with Crippen LogP contribution in [0.25, 0.3) is 0 Å². The lowest BCUT2D eigenvalue weighted by molar-refractivity contribution is 0.0525. The van der Waals surface area contributed by atoms with Crippen LogP contribution < -0.4 is 16.4 Å². The van der Waals surface area contributed by atoms with Crippen LogP contribution in [0.2, 0.25) is 0 Å². The number of carbonyl (C=O) groups excluding carboxylic acids is 1. The minimum atomic E-state index is -0.360. The summed E-state index contributed by atoms with van der Waals surface area (Å²) in [5.41, 5.74) is 7.73. The third-order valence-electron chi connectivity index (χ3n) is 4.58. The van der Waals surface area contributed by atoms with E-state index in [-0.39, 0.29) is 17.6 Å². The van der Waals surface area contributed by atoms with Gasteiger partial charge in [-0.2, -0.15) is 4.99 Å². The highest BCUT2D eigenvalue weighted by Gasteiger charge is 2.35. The van der Waals surface area contributed by atoms with Crippen molar-refractivity contribution in [2.45, 2.75) is 51.6 Å². The summed E-state index contributed by atoms with van der Waals surface area (Å²) in [6.07, 6.45) is 5.34. The van der Waals surface area contributed by atoms with Gasteiger partial charge in [0.25, 0.3) is 0 Å². The van der Waals surface area contributed by atoms with Crippen LogP contribution in [0.4, 0.5) is 5.69 Å². The first kappa shape index (κ1) is 17.3. The smallest absolute Gasteiger partial charge is 0.338 e. The molecular weight excluding hydrogens is 318 g/mol. The van der Waals surface area contributed by atoms with Crippen molar-refractivity contribution in [2.24, 2.45) is 15.7 Å². The number of guanidine groups is 2. The second-order valence-corrected chi connectivity index (χ2v) is 6.52. The average Bonchev–Trinajstić information content (AvgIpc) is 2.56. The molecule has 7 heteroatoms. The summed E-state index contributed by atoms with van der Waals surface area (Å²) in [6, 6.07) is 5.55. The number of rotatable bonds is 3.